The van der Waals surface area contributed by atoms with E-state index in [9.17, 15) is 5.11 Å². The first-order valence-electron chi connectivity index (χ1n) is 8.20. The Bertz CT molecular complexity index is 627. The van der Waals surface area contributed by atoms with Gasteiger partial charge in [0.15, 0.2) is 0 Å². The van der Waals surface area contributed by atoms with Gasteiger partial charge in [-0.2, -0.15) is 0 Å². The van der Waals surface area contributed by atoms with Gasteiger partial charge in [0.2, 0.25) is 0 Å². The Labute approximate surface area is 173 Å². The molecule has 0 heterocycles. The zero-order valence-electron chi connectivity index (χ0n) is 14.8. The summed E-state index contributed by atoms with van der Waals surface area (Å²) in [5, 5.41) is 16.5. The first kappa shape index (κ1) is 25.0. The number of ether oxygens (including phenoxy) is 1. The summed E-state index contributed by atoms with van der Waals surface area (Å²) >= 11 is 6.17. The van der Waals surface area contributed by atoms with E-state index in [4.69, 9.17) is 16.3 Å². The average Bonchev–Trinajstić information content (AvgIpc) is 2.58. The highest BCUT2D eigenvalue weighted by atomic mass is 35.5. The number of aliphatic hydroxyl groups is 1. The van der Waals surface area contributed by atoms with Gasteiger partial charge in [-0.1, -0.05) is 48.0 Å². The van der Waals surface area contributed by atoms with Gasteiger partial charge in [-0.05, 0) is 19.1 Å². The van der Waals surface area contributed by atoms with Crippen LogP contribution in [0.25, 0.3) is 0 Å². The van der Waals surface area contributed by atoms with Gasteiger partial charge in [0.25, 0.3) is 0 Å². The summed E-state index contributed by atoms with van der Waals surface area (Å²) in [5.74, 6) is 0.863. The van der Waals surface area contributed by atoms with Gasteiger partial charge in [-0.15, -0.1) is 24.8 Å². The van der Waals surface area contributed by atoms with E-state index in [0.29, 0.717) is 13.2 Å². The molecule has 7 heteroatoms. The first-order chi connectivity index (χ1) is 11.7. The number of para-hydroxylation sites is 1. The van der Waals surface area contributed by atoms with Crippen LogP contribution >= 0.6 is 36.4 Å². The van der Waals surface area contributed by atoms with Crippen LogP contribution in [0.1, 0.15) is 18.1 Å². The summed E-state index contributed by atoms with van der Waals surface area (Å²) in [6.45, 7) is 5.20. The molecule has 0 aromatic heterocycles. The molecule has 0 aliphatic carbocycles. The standard InChI is InChI=1S/C19H25ClN2O2.2ClH/c1-15(23)12-21-10-11-22-13-16-6-3-5-9-19(16)24-14-17-7-2-4-8-18(17)20;;/h2-9,15,21-23H,10-14H2,1H3;2*1H. The molecule has 146 valence electrons. The molecule has 0 spiro atoms. The van der Waals surface area contributed by atoms with Gasteiger partial charge >= 0.3 is 0 Å². The minimum Gasteiger partial charge on any atom is -0.489 e. The summed E-state index contributed by atoms with van der Waals surface area (Å²) in [6, 6.07) is 15.7. The molecule has 0 radical (unpaired) electrons. The number of rotatable bonds is 10. The highest BCUT2D eigenvalue weighted by molar-refractivity contribution is 6.31. The van der Waals surface area contributed by atoms with Crippen molar-refractivity contribution in [1.82, 2.24) is 10.6 Å². The Morgan fingerprint density at radius 2 is 1.58 bits per heavy atom. The molecule has 2 aromatic carbocycles. The van der Waals surface area contributed by atoms with Crippen LogP contribution in [0.5, 0.6) is 5.75 Å². The smallest absolute Gasteiger partial charge is 0.124 e. The van der Waals surface area contributed by atoms with E-state index >= 15 is 0 Å². The molecule has 0 saturated heterocycles. The van der Waals surface area contributed by atoms with E-state index in [1.165, 1.54) is 0 Å². The van der Waals surface area contributed by atoms with Crippen LogP contribution < -0.4 is 15.4 Å². The van der Waals surface area contributed by atoms with Crippen molar-refractivity contribution in [2.24, 2.45) is 0 Å². The second-order valence-electron chi connectivity index (χ2n) is 5.72. The highest BCUT2D eigenvalue weighted by Crippen LogP contribution is 2.21. The van der Waals surface area contributed by atoms with E-state index in [-0.39, 0.29) is 30.9 Å². The predicted molar refractivity (Wildman–Crippen MR) is 113 cm³/mol. The van der Waals surface area contributed by atoms with Crippen molar-refractivity contribution in [2.75, 3.05) is 19.6 Å². The van der Waals surface area contributed by atoms with Crippen LogP contribution in [-0.4, -0.2) is 30.8 Å². The molecule has 4 nitrogen and oxygen atoms in total. The number of aliphatic hydroxyl groups excluding tert-OH is 1. The second kappa shape index (κ2) is 14.1. The zero-order valence-corrected chi connectivity index (χ0v) is 17.2. The highest BCUT2D eigenvalue weighted by Gasteiger charge is 2.05. The topological polar surface area (TPSA) is 53.5 Å². The molecule has 0 amide bonds. The van der Waals surface area contributed by atoms with Gasteiger partial charge in [0, 0.05) is 42.3 Å². The molecule has 0 saturated carbocycles. The number of nitrogens with one attached hydrogen (secondary N) is 2. The third-order valence-electron chi connectivity index (χ3n) is 3.55. The van der Waals surface area contributed by atoms with Gasteiger partial charge < -0.3 is 20.5 Å². The minimum absolute atomic E-state index is 0. The number of benzene rings is 2. The molecular weight excluding hydrogens is 395 g/mol. The van der Waals surface area contributed by atoms with Crippen LogP contribution in [0.3, 0.4) is 0 Å². The van der Waals surface area contributed by atoms with Crippen molar-refractivity contribution in [2.45, 2.75) is 26.2 Å². The van der Waals surface area contributed by atoms with Gasteiger partial charge in [-0.25, -0.2) is 0 Å². The molecule has 2 aromatic rings. The lowest BCUT2D eigenvalue weighted by molar-refractivity contribution is 0.191. The molecule has 1 unspecified atom stereocenters. The molecule has 2 rings (SSSR count). The van der Waals surface area contributed by atoms with Crippen molar-refractivity contribution >= 4 is 36.4 Å². The fourth-order valence-corrected chi connectivity index (χ4v) is 2.46. The van der Waals surface area contributed by atoms with Crippen LogP contribution in [0, 0.1) is 0 Å². The van der Waals surface area contributed by atoms with Crippen LogP contribution in [-0.2, 0) is 13.2 Å². The van der Waals surface area contributed by atoms with Crippen molar-refractivity contribution in [1.29, 1.82) is 0 Å². The molecular formula is C19H27Cl3N2O2. The summed E-state index contributed by atoms with van der Waals surface area (Å²) in [6.07, 6.45) is -0.316. The van der Waals surface area contributed by atoms with Crippen molar-refractivity contribution in [3.05, 3.63) is 64.7 Å². The molecule has 0 bridgehead atoms. The number of halogens is 3. The Morgan fingerprint density at radius 1 is 0.962 bits per heavy atom. The van der Waals surface area contributed by atoms with Crippen LogP contribution in [0.2, 0.25) is 5.02 Å². The normalized spacial score (nSPS) is 11.2. The maximum Gasteiger partial charge on any atom is 0.124 e. The Balaban J connectivity index is 0.00000312. The third-order valence-corrected chi connectivity index (χ3v) is 3.92. The fraction of sp³-hybridized carbons (Fsp3) is 0.368. The van der Waals surface area contributed by atoms with Crippen molar-refractivity contribution in [3.63, 3.8) is 0 Å². The van der Waals surface area contributed by atoms with E-state index < -0.39 is 0 Å². The molecule has 1 atom stereocenters. The quantitative estimate of drug-likeness (QED) is 0.510. The predicted octanol–water partition coefficient (Wildman–Crippen LogP) is 3.82. The van der Waals surface area contributed by atoms with Gasteiger partial charge in [0.05, 0.1) is 6.10 Å². The summed E-state index contributed by atoms with van der Waals surface area (Å²) in [7, 11) is 0. The van der Waals surface area contributed by atoms with Crippen molar-refractivity contribution in [3.8, 4) is 5.75 Å². The van der Waals surface area contributed by atoms with Crippen molar-refractivity contribution < 1.29 is 9.84 Å². The van der Waals surface area contributed by atoms with E-state index in [0.717, 1.165) is 41.5 Å². The lowest BCUT2D eigenvalue weighted by Crippen LogP contribution is -2.31. The molecule has 0 aliphatic rings. The SMILES string of the molecule is CC(O)CNCCNCc1ccccc1OCc1ccccc1Cl.Cl.Cl. The largest absolute Gasteiger partial charge is 0.489 e. The number of hydrogen-bond donors (Lipinski definition) is 3. The minimum atomic E-state index is -0.316. The maximum atomic E-state index is 9.19. The Kier molecular flexibility index (Phi) is 13.6. The Morgan fingerprint density at radius 3 is 2.27 bits per heavy atom. The van der Waals surface area contributed by atoms with E-state index in [2.05, 4.69) is 16.7 Å². The fourth-order valence-electron chi connectivity index (χ4n) is 2.27. The first-order valence-corrected chi connectivity index (χ1v) is 8.58. The Hall–Kier alpha value is -1.01. The molecule has 3 N–H and O–H groups in total. The second-order valence-corrected chi connectivity index (χ2v) is 6.12. The van der Waals surface area contributed by atoms with Crippen LogP contribution in [0.4, 0.5) is 0 Å². The summed E-state index contributed by atoms with van der Waals surface area (Å²) < 4.78 is 5.94. The van der Waals surface area contributed by atoms with E-state index in [1.807, 2.05) is 42.5 Å². The summed E-state index contributed by atoms with van der Waals surface area (Å²) in [5.41, 5.74) is 2.09. The van der Waals surface area contributed by atoms with Gasteiger partial charge in [0.1, 0.15) is 12.4 Å². The van der Waals surface area contributed by atoms with Crippen LogP contribution in [0.15, 0.2) is 48.5 Å². The monoisotopic (exact) mass is 420 g/mol. The molecule has 0 aliphatic heterocycles. The van der Waals surface area contributed by atoms with Gasteiger partial charge in [-0.3, -0.25) is 0 Å². The molecule has 26 heavy (non-hydrogen) atoms. The molecule has 0 fully saturated rings. The summed E-state index contributed by atoms with van der Waals surface area (Å²) in [4.78, 5) is 0. The lowest BCUT2D eigenvalue weighted by atomic mass is 10.2. The average molecular weight is 422 g/mol. The maximum absolute atomic E-state index is 9.19. The lowest BCUT2D eigenvalue weighted by Gasteiger charge is -2.13. The number of hydrogen-bond acceptors (Lipinski definition) is 4. The third kappa shape index (κ3) is 9.08. The zero-order chi connectivity index (χ0) is 17.2. The van der Waals surface area contributed by atoms with E-state index in [1.54, 1.807) is 6.92 Å².